The minimum Gasteiger partial charge on any atom is -0.330 e. The highest BCUT2D eigenvalue weighted by atomic mass is 19.1. The van der Waals surface area contributed by atoms with E-state index < -0.39 is 11.7 Å². The fourth-order valence-corrected chi connectivity index (χ4v) is 5.67. The molecule has 11 heteroatoms. The molecule has 2 amide bonds. The van der Waals surface area contributed by atoms with Crippen LogP contribution < -0.4 is 10.9 Å². The molecule has 1 unspecified atom stereocenters. The number of hydrogen-bond acceptors (Lipinski definition) is 6. The Morgan fingerprint density at radius 3 is 2.70 bits per heavy atom. The normalized spacial score (nSPS) is 20.2. The molecule has 2 fully saturated rings. The molecule has 6 rings (SSSR count). The lowest BCUT2D eigenvalue weighted by Gasteiger charge is -2.34. The van der Waals surface area contributed by atoms with E-state index in [0.717, 1.165) is 31.4 Å². The Kier molecular flexibility index (Phi) is 5.82. The molecule has 37 heavy (non-hydrogen) atoms. The van der Waals surface area contributed by atoms with Gasteiger partial charge in [-0.1, -0.05) is 6.42 Å². The Labute approximate surface area is 213 Å². The number of rotatable bonds is 6. The maximum Gasteiger partial charge on any atom is 0.280 e. The molecule has 1 saturated carbocycles. The van der Waals surface area contributed by atoms with Crippen LogP contribution in [0.15, 0.2) is 29.2 Å². The molecule has 3 aromatic rings. The van der Waals surface area contributed by atoms with Crippen LogP contribution in [0.3, 0.4) is 0 Å². The van der Waals surface area contributed by atoms with Gasteiger partial charge in [0.1, 0.15) is 29.5 Å². The number of fused-ring (bicyclic) bond motifs is 2. The molecule has 3 aliphatic rings. The molecule has 1 saturated heterocycles. The zero-order valence-corrected chi connectivity index (χ0v) is 21.0. The van der Waals surface area contributed by atoms with Gasteiger partial charge < -0.3 is 14.8 Å². The average Bonchev–Trinajstić information content (AvgIpc) is 3.55. The summed E-state index contributed by atoms with van der Waals surface area (Å²) in [4.78, 5) is 47.9. The molecule has 3 aromatic heterocycles. The van der Waals surface area contributed by atoms with Crippen molar-refractivity contribution in [2.75, 3.05) is 18.4 Å². The van der Waals surface area contributed by atoms with Gasteiger partial charge in [-0.2, -0.15) is 9.61 Å². The third kappa shape index (κ3) is 4.11. The zero-order chi connectivity index (χ0) is 25.8. The van der Waals surface area contributed by atoms with Gasteiger partial charge in [-0.15, -0.1) is 0 Å². The van der Waals surface area contributed by atoms with Crippen LogP contribution in [0.25, 0.3) is 5.65 Å². The second-order valence-electron chi connectivity index (χ2n) is 10.6. The monoisotopic (exact) mass is 507 g/mol. The van der Waals surface area contributed by atoms with Crippen LogP contribution in [0.5, 0.6) is 0 Å². The highest BCUT2D eigenvalue weighted by Crippen LogP contribution is 2.34. The number of nitrogens with one attached hydrogen (secondary N) is 1. The first-order valence-electron chi connectivity index (χ1n) is 12.9. The van der Waals surface area contributed by atoms with Crippen molar-refractivity contribution >= 4 is 23.3 Å². The minimum absolute atomic E-state index is 0.108. The van der Waals surface area contributed by atoms with Crippen LogP contribution in [0.1, 0.15) is 67.2 Å². The van der Waals surface area contributed by atoms with Crippen molar-refractivity contribution < 1.29 is 14.0 Å². The Morgan fingerprint density at radius 1 is 1.22 bits per heavy atom. The molecule has 0 bridgehead atoms. The molecule has 10 nitrogen and oxygen atoms in total. The van der Waals surface area contributed by atoms with Gasteiger partial charge in [-0.05, 0) is 51.8 Å². The van der Waals surface area contributed by atoms with Crippen LogP contribution in [-0.4, -0.2) is 66.0 Å². The molecule has 0 aromatic carbocycles. The van der Waals surface area contributed by atoms with Gasteiger partial charge in [0.25, 0.3) is 11.5 Å². The third-order valence-corrected chi connectivity index (χ3v) is 7.93. The molecule has 0 spiro atoms. The fourth-order valence-electron chi connectivity index (χ4n) is 5.67. The van der Waals surface area contributed by atoms with Crippen LogP contribution in [0.2, 0.25) is 0 Å². The number of anilines is 1. The highest BCUT2D eigenvalue weighted by molar-refractivity contribution is 5.98. The Hall–Kier alpha value is -3.60. The van der Waals surface area contributed by atoms with Gasteiger partial charge in [0, 0.05) is 30.6 Å². The number of likely N-dealkylation sites (tertiary alicyclic amines) is 1. The van der Waals surface area contributed by atoms with Crippen molar-refractivity contribution in [3.05, 3.63) is 57.5 Å². The number of carbonyl (C=O) groups excluding carboxylic acids is 2. The first kappa shape index (κ1) is 23.8. The summed E-state index contributed by atoms with van der Waals surface area (Å²) < 4.78 is 16.2. The fraction of sp³-hybridized carbons (Fsp3) is 0.500. The molecule has 1 aliphatic carbocycles. The van der Waals surface area contributed by atoms with Crippen LogP contribution >= 0.6 is 0 Å². The van der Waals surface area contributed by atoms with E-state index >= 15 is 0 Å². The predicted molar refractivity (Wildman–Crippen MR) is 134 cm³/mol. The number of aromatic nitrogens is 4. The molecule has 194 valence electrons. The van der Waals surface area contributed by atoms with E-state index in [-0.39, 0.29) is 48.0 Å². The number of hydrogen-bond donors (Lipinski definition) is 1. The van der Waals surface area contributed by atoms with E-state index in [2.05, 4.69) is 15.2 Å². The van der Waals surface area contributed by atoms with E-state index in [0.29, 0.717) is 17.3 Å². The van der Waals surface area contributed by atoms with Gasteiger partial charge in [-0.3, -0.25) is 19.3 Å². The van der Waals surface area contributed by atoms with E-state index in [1.807, 2.05) is 19.9 Å². The molecule has 0 radical (unpaired) electrons. The van der Waals surface area contributed by atoms with Gasteiger partial charge >= 0.3 is 0 Å². The van der Waals surface area contributed by atoms with E-state index in [4.69, 9.17) is 5.10 Å². The van der Waals surface area contributed by atoms with Crippen molar-refractivity contribution in [2.24, 2.45) is 0 Å². The van der Waals surface area contributed by atoms with Crippen molar-refractivity contribution in [3.63, 3.8) is 0 Å². The second kappa shape index (κ2) is 9.05. The highest BCUT2D eigenvalue weighted by Gasteiger charge is 2.38. The maximum atomic E-state index is 13.5. The van der Waals surface area contributed by atoms with Gasteiger partial charge in [0.15, 0.2) is 0 Å². The Balaban J connectivity index is 1.38. The number of nitrogens with zero attached hydrogens (tertiary/aromatic N) is 6. The standard InChI is InChI=1S/C26H30FN7O3/c1-15(2)32-13-19-24(26(32)37)33(14-22(35)29-21-7-6-17(27)11-28-21)23-10-20(30-34(23)25(19)36)16-8-9-31(12-16)18-4-3-5-18/h6-7,10-11,15-16,18H,3-5,8-9,12-14H2,1-2H3,(H,28,29,35). The summed E-state index contributed by atoms with van der Waals surface area (Å²) in [6.07, 6.45) is 5.74. The first-order chi connectivity index (χ1) is 17.8. The van der Waals surface area contributed by atoms with E-state index in [1.165, 1.54) is 35.9 Å². The maximum absolute atomic E-state index is 13.5. The topological polar surface area (TPSA) is 105 Å². The summed E-state index contributed by atoms with van der Waals surface area (Å²) in [7, 11) is 0. The van der Waals surface area contributed by atoms with Crippen LogP contribution in [0, 0.1) is 5.82 Å². The van der Waals surface area contributed by atoms with Gasteiger partial charge in [0.2, 0.25) is 5.91 Å². The smallest absolute Gasteiger partial charge is 0.280 e. The SMILES string of the molecule is CC(C)N1Cc2c(n(CC(=O)Nc3ccc(F)cn3)c3cc(C4CCN(C5CCC5)C4)nn3c2=O)C1=O. The summed E-state index contributed by atoms with van der Waals surface area (Å²) in [6.45, 7) is 5.66. The minimum atomic E-state index is -0.508. The predicted octanol–water partition coefficient (Wildman–Crippen LogP) is 2.37. The number of amides is 2. The Morgan fingerprint density at radius 2 is 2.03 bits per heavy atom. The zero-order valence-electron chi connectivity index (χ0n) is 21.0. The molecular formula is C26H30FN7O3. The largest absolute Gasteiger partial charge is 0.330 e. The molecular weight excluding hydrogens is 477 g/mol. The Bertz CT molecular complexity index is 1440. The molecule has 2 aliphatic heterocycles. The molecule has 1 atom stereocenters. The molecule has 1 N–H and O–H groups in total. The average molecular weight is 508 g/mol. The van der Waals surface area contributed by atoms with Gasteiger partial charge in [-0.25, -0.2) is 9.37 Å². The lowest BCUT2D eigenvalue weighted by atomic mass is 9.92. The van der Waals surface area contributed by atoms with Crippen LogP contribution in [-0.2, 0) is 17.9 Å². The number of halogens is 1. The quantitative estimate of drug-likeness (QED) is 0.549. The molecule has 5 heterocycles. The van der Waals surface area contributed by atoms with Crippen molar-refractivity contribution in [1.82, 2.24) is 29.0 Å². The van der Waals surface area contributed by atoms with Crippen LogP contribution in [0.4, 0.5) is 10.2 Å². The van der Waals surface area contributed by atoms with Gasteiger partial charge in [0.05, 0.1) is 24.0 Å². The first-order valence-corrected chi connectivity index (χ1v) is 12.9. The van der Waals surface area contributed by atoms with Crippen molar-refractivity contribution in [2.45, 2.75) is 70.6 Å². The summed E-state index contributed by atoms with van der Waals surface area (Å²) >= 11 is 0. The lowest BCUT2D eigenvalue weighted by Crippen LogP contribution is -2.38. The number of carbonyl (C=O) groups is 2. The summed E-state index contributed by atoms with van der Waals surface area (Å²) in [5, 5.41) is 7.36. The lowest BCUT2D eigenvalue weighted by molar-refractivity contribution is -0.116. The van der Waals surface area contributed by atoms with Crippen molar-refractivity contribution in [3.8, 4) is 0 Å². The summed E-state index contributed by atoms with van der Waals surface area (Å²) in [5.41, 5.74) is 1.48. The third-order valence-electron chi connectivity index (χ3n) is 7.93. The van der Waals surface area contributed by atoms with E-state index in [9.17, 15) is 18.8 Å². The summed E-state index contributed by atoms with van der Waals surface area (Å²) in [6, 6.07) is 4.97. The number of pyridine rings is 1. The van der Waals surface area contributed by atoms with Crippen molar-refractivity contribution in [1.29, 1.82) is 0 Å². The van der Waals surface area contributed by atoms with E-state index in [1.54, 1.807) is 9.47 Å². The summed E-state index contributed by atoms with van der Waals surface area (Å²) in [5.74, 6) is -0.832. The second-order valence-corrected chi connectivity index (χ2v) is 10.6.